The summed E-state index contributed by atoms with van der Waals surface area (Å²) in [6.45, 7) is 0.890. The number of nitrogens with two attached hydrogens (primary N) is 1. The van der Waals surface area contributed by atoms with Gasteiger partial charge < -0.3 is 5.73 Å². The molecule has 1 aromatic heterocycles. The maximum Gasteiger partial charge on any atom is 0.272 e. The van der Waals surface area contributed by atoms with Gasteiger partial charge in [0.25, 0.3) is 5.92 Å². The molecule has 0 aliphatic rings. The predicted molar refractivity (Wildman–Crippen MR) is 55.8 cm³/mol. The molecule has 2 aromatic rings. The Morgan fingerprint density at radius 2 is 2.07 bits per heavy atom. The maximum atomic E-state index is 13.1. The topological polar surface area (TPSA) is 26.0 Å². The van der Waals surface area contributed by atoms with Crippen LogP contribution < -0.4 is 5.73 Å². The van der Waals surface area contributed by atoms with E-state index in [1.165, 1.54) is 16.7 Å². The first-order valence-electron chi connectivity index (χ1n) is 4.14. The number of benzene rings is 1. The minimum Gasteiger partial charge on any atom is -0.398 e. The van der Waals surface area contributed by atoms with Gasteiger partial charge in [0.05, 0.1) is 0 Å². The highest BCUT2D eigenvalue weighted by molar-refractivity contribution is 7.17. The molecular formula is C10H9F2NS. The Morgan fingerprint density at radius 1 is 1.36 bits per heavy atom. The van der Waals surface area contributed by atoms with Crippen molar-refractivity contribution < 1.29 is 8.78 Å². The third-order valence-corrected chi connectivity index (χ3v) is 3.05. The summed E-state index contributed by atoms with van der Waals surface area (Å²) >= 11 is 1.29. The van der Waals surface area contributed by atoms with Crippen molar-refractivity contribution in [3.8, 4) is 0 Å². The Bertz CT molecular complexity index is 470. The second kappa shape index (κ2) is 2.92. The van der Waals surface area contributed by atoms with Crippen LogP contribution in [0.2, 0.25) is 0 Å². The number of anilines is 1. The molecule has 0 fully saturated rings. The largest absolute Gasteiger partial charge is 0.398 e. The van der Waals surface area contributed by atoms with Gasteiger partial charge in [0.2, 0.25) is 0 Å². The SMILES string of the molecule is CC(F)(F)c1csc2cccc(N)c12. The fourth-order valence-electron chi connectivity index (χ4n) is 1.44. The second-order valence-corrected chi connectivity index (χ2v) is 4.17. The highest BCUT2D eigenvalue weighted by Crippen LogP contribution is 2.39. The molecule has 0 saturated heterocycles. The highest BCUT2D eigenvalue weighted by Gasteiger charge is 2.28. The van der Waals surface area contributed by atoms with E-state index < -0.39 is 5.92 Å². The molecule has 0 amide bonds. The highest BCUT2D eigenvalue weighted by atomic mass is 32.1. The summed E-state index contributed by atoms with van der Waals surface area (Å²) in [6.07, 6.45) is 0. The number of hydrogen-bond donors (Lipinski definition) is 1. The van der Waals surface area contributed by atoms with Crippen LogP contribution in [0, 0.1) is 0 Å². The minimum atomic E-state index is -2.83. The van der Waals surface area contributed by atoms with Gasteiger partial charge in [-0.25, -0.2) is 8.78 Å². The zero-order chi connectivity index (χ0) is 10.3. The van der Waals surface area contributed by atoms with Crippen LogP contribution in [0.4, 0.5) is 14.5 Å². The van der Waals surface area contributed by atoms with E-state index in [2.05, 4.69) is 0 Å². The summed E-state index contributed by atoms with van der Waals surface area (Å²) in [5, 5.41) is 1.96. The van der Waals surface area contributed by atoms with Crippen molar-refractivity contribution in [3.63, 3.8) is 0 Å². The van der Waals surface area contributed by atoms with Gasteiger partial charge in [0.1, 0.15) is 0 Å². The predicted octanol–water partition coefficient (Wildman–Crippen LogP) is 3.60. The van der Waals surface area contributed by atoms with Crippen LogP contribution in [-0.4, -0.2) is 0 Å². The van der Waals surface area contributed by atoms with Crippen LogP contribution in [0.15, 0.2) is 23.6 Å². The fourth-order valence-corrected chi connectivity index (χ4v) is 2.51. The minimum absolute atomic E-state index is 0.0237. The first kappa shape index (κ1) is 9.40. The second-order valence-electron chi connectivity index (χ2n) is 3.26. The van der Waals surface area contributed by atoms with Crippen LogP contribution in [0.25, 0.3) is 10.1 Å². The lowest BCUT2D eigenvalue weighted by Gasteiger charge is -2.09. The standard InChI is InChI=1S/C10H9F2NS/c1-10(11,12)6-5-14-8-4-2-3-7(13)9(6)8/h2-5H,13H2,1H3. The Morgan fingerprint density at radius 3 is 2.71 bits per heavy atom. The van der Waals surface area contributed by atoms with E-state index in [0.29, 0.717) is 11.1 Å². The molecule has 0 unspecified atom stereocenters. The third kappa shape index (κ3) is 1.35. The maximum absolute atomic E-state index is 13.1. The summed E-state index contributed by atoms with van der Waals surface area (Å²) in [6, 6.07) is 5.21. The molecule has 2 rings (SSSR count). The van der Waals surface area contributed by atoms with Crippen molar-refractivity contribution in [2.75, 3.05) is 5.73 Å². The zero-order valence-electron chi connectivity index (χ0n) is 7.55. The van der Waals surface area contributed by atoms with Gasteiger partial charge in [-0.1, -0.05) is 6.07 Å². The van der Waals surface area contributed by atoms with Crippen LogP contribution in [0.1, 0.15) is 12.5 Å². The van der Waals surface area contributed by atoms with Crippen molar-refractivity contribution in [1.29, 1.82) is 0 Å². The van der Waals surface area contributed by atoms with Gasteiger partial charge in [-0.15, -0.1) is 11.3 Å². The van der Waals surface area contributed by atoms with Crippen LogP contribution in [-0.2, 0) is 5.92 Å². The van der Waals surface area contributed by atoms with Gasteiger partial charge in [-0.05, 0) is 12.1 Å². The monoisotopic (exact) mass is 213 g/mol. The van der Waals surface area contributed by atoms with Gasteiger partial charge >= 0.3 is 0 Å². The van der Waals surface area contributed by atoms with Crippen LogP contribution in [0.3, 0.4) is 0 Å². The van der Waals surface area contributed by atoms with Crippen molar-refractivity contribution in [2.45, 2.75) is 12.8 Å². The molecule has 0 aliphatic heterocycles. The van der Waals surface area contributed by atoms with Crippen molar-refractivity contribution in [1.82, 2.24) is 0 Å². The number of halogens is 2. The number of nitrogen functional groups attached to an aromatic ring is 1. The normalized spacial score (nSPS) is 12.2. The lowest BCUT2D eigenvalue weighted by Crippen LogP contribution is -2.06. The molecule has 1 nitrogen and oxygen atoms in total. The van der Waals surface area contributed by atoms with E-state index >= 15 is 0 Å². The molecule has 0 atom stereocenters. The molecule has 0 aliphatic carbocycles. The fraction of sp³-hybridized carbons (Fsp3) is 0.200. The first-order valence-corrected chi connectivity index (χ1v) is 5.02. The summed E-state index contributed by atoms with van der Waals surface area (Å²) in [5.74, 6) is -2.83. The lowest BCUT2D eigenvalue weighted by molar-refractivity contribution is 0.0195. The third-order valence-electron chi connectivity index (χ3n) is 2.10. The molecule has 0 bridgehead atoms. The number of hydrogen-bond acceptors (Lipinski definition) is 2. The summed E-state index contributed by atoms with van der Waals surface area (Å²) < 4.78 is 27.1. The summed E-state index contributed by atoms with van der Waals surface area (Å²) in [4.78, 5) is 0. The number of thiophene rings is 1. The molecule has 1 heterocycles. The van der Waals surface area contributed by atoms with Gasteiger partial charge in [0.15, 0.2) is 0 Å². The average molecular weight is 213 g/mol. The Hall–Kier alpha value is -1.16. The van der Waals surface area contributed by atoms with E-state index in [1.54, 1.807) is 18.2 Å². The molecule has 0 saturated carbocycles. The molecule has 74 valence electrons. The van der Waals surface area contributed by atoms with Gasteiger partial charge in [0, 0.05) is 33.6 Å². The molecule has 14 heavy (non-hydrogen) atoms. The molecule has 4 heteroatoms. The van der Waals surface area contributed by atoms with Gasteiger partial charge in [-0.2, -0.15) is 0 Å². The van der Waals surface area contributed by atoms with E-state index in [0.717, 1.165) is 11.6 Å². The summed E-state index contributed by atoms with van der Waals surface area (Å²) in [5.41, 5.74) is 6.11. The van der Waals surface area contributed by atoms with Crippen LogP contribution >= 0.6 is 11.3 Å². The lowest BCUT2D eigenvalue weighted by atomic mass is 10.1. The number of fused-ring (bicyclic) bond motifs is 1. The van der Waals surface area contributed by atoms with Crippen molar-refractivity contribution in [3.05, 3.63) is 29.1 Å². The Kier molecular flexibility index (Phi) is 1.96. The summed E-state index contributed by atoms with van der Waals surface area (Å²) in [7, 11) is 0. The van der Waals surface area contributed by atoms with E-state index in [4.69, 9.17) is 5.73 Å². The number of rotatable bonds is 1. The number of alkyl halides is 2. The van der Waals surface area contributed by atoms with E-state index in [1.807, 2.05) is 0 Å². The first-order chi connectivity index (χ1) is 6.50. The van der Waals surface area contributed by atoms with Crippen molar-refractivity contribution in [2.24, 2.45) is 0 Å². The van der Waals surface area contributed by atoms with Gasteiger partial charge in [-0.3, -0.25) is 0 Å². The van der Waals surface area contributed by atoms with Crippen molar-refractivity contribution >= 4 is 27.1 Å². The Balaban J connectivity index is 2.80. The molecular weight excluding hydrogens is 204 g/mol. The van der Waals surface area contributed by atoms with E-state index in [9.17, 15) is 8.78 Å². The Labute approximate surface area is 84.2 Å². The molecule has 0 spiro atoms. The zero-order valence-corrected chi connectivity index (χ0v) is 8.37. The quantitative estimate of drug-likeness (QED) is 0.720. The molecule has 0 radical (unpaired) electrons. The van der Waals surface area contributed by atoms with E-state index in [-0.39, 0.29) is 5.56 Å². The smallest absolute Gasteiger partial charge is 0.272 e. The molecule has 1 aromatic carbocycles. The molecule has 2 N–H and O–H groups in total. The average Bonchev–Trinajstić information content (AvgIpc) is 2.47. The van der Waals surface area contributed by atoms with Crippen LogP contribution in [0.5, 0.6) is 0 Å².